The van der Waals surface area contributed by atoms with Gasteiger partial charge >= 0.3 is 0 Å². The van der Waals surface area contributed by atoms with Crippen LogP contribution in [0.3, 0.4) is 0 Å². The molecule has 13 heavy (non-hydrogen) atoms. The minimum atomic E-state index is 0.280. The van der Waals surface area contributed by atoms with Crippen LogP contribution in [0.4, 0.5) is 5.13 Å². The highest BCUT2D eigenvalue weighted by molar-refractivity contribution is 7.73. The third-order valence-corrected chi connectivity index (χ3v) is 2.67. The summed E-state index contributed by atoms with van der Waals surface area (Å²) in [5, 5.41) is 7.85. The summed E-state index contributed by atoms with van der Waals surface area (Å²) in [6.07, 6.45) is 0. The molecule has 0 aromatic carbocycles. The molecular weight excluding hydrogens is 202 g/mol. The molecule has 0 atom stereocenters. The standard InChI is InChI=1S/C8H15N3S2/c1-8(2,3)5-11(4)6-9-10-7(12)13-6/h5H2,1-4H3,(H,10,12). The lowest BCUT2D eigenvalue weighted by Gasteiger charge is -2.25. The van der Waals surface area contributed by atoms with Crippen molar-refractivity contribution in [3.8, 4) is 0 Å². The highest BCUT2D eigenvalue weighted by Crippen LogP contribution is 2.21. The van der Waals surface area contributed by atoms with Crippen molar-refractivity contribution in [2.24, 2.45) is 5.41 Å². The van der Waals surface area contributed by atoms with Crippen molar-refractivity contribution in [1.82, 2.24) is 10.2 Å². The van der Waals surface area contributed by atoms with Gasteiger partial charge in [0.05, 0.1) is 0 Å². The molecular formula is C8H15N3S2. The van der Waals surface area contributed by atoms with E-state index >= 15 is 0 Å². The molecule has 5 heteroatoms. The molecule has 0 saturated carbocycles. The monoisotopic (exact) mass is 217 g/mol. The summed E-state index contributed by atoms with van der Waals surface area (Å²) in [5.74, 6) is 0. The summed E-state index contributed by atoms with van der Waals surface area (Å²) in [7, 11) is 2.03. The zero-order chi connectivity index (χ0) is 10.1. The van der Waals surface area contributed by atoms with Gasteiger partial charge in [-0.25, -0.2) is 0 Å². The highest BCUT2D eigenvalue weighted by atomic mass is 32.1. The van der Waals surface area contributed by atoms with Gasteiger partial charge in [0.15, 0.2) is 3.95 Å². The van der Waals surface area contributed by atoms with E-state index in [4.69, 9.17) is 12.2 Å². The second-order valence-electron chi connectivity index (χ2n) is 4.31. The molecule has 0 fully saturated rings. The Kier molecular flexibility index (Phi) is 3.08. The molecule has 0 saturated heterocycles. The van der Waals surface area contributed by atoms with Crippen LogP contribution in [-0.4, -0.2) is 23.8 Å². The Morgan fingerprint density at radius 3 is 2.54 bits per heavy atom. The number of H-pyrrole nitrogens is 1. The van der Waals surface area contributed by atoms with Gasteiger partial charge in [0, 0.05) is 13.6 Å². The van der Waals surface area contributed by atoms with Crippen LogP contribution < -0.4 is 4.90 Å². The summed E-state index contributed by atoms with van der Waals surface area (Å²) in [4.78, 5) is 2.12. The van der Waals surface area contributed by atoms with E-state index in [1.807, 2.05) is 7.05 Å². The zero-order valence-electron chi connectivity index (χ0n) is 8.42. The molecule has 1 N–H and O–H groups in total. The zero-order valence-corrected chi connectivity index (χ0v) is 10.1. The molecule has 0 amide bonds. The van der Waals surface area contributed by atoms with Crippen LogP contribution in [0.1, 0.15) is 20.8 Å². The first-order valence-corrected chi connectivity index (χ1v) is 5.37. The van der Waals surface area contributed by atoms with Gasteiger partial charge in [-0.05, 0) is 17.6 Å². The summed E-state index contributed by atoms with van der Waals surface area (Å²) >= 11 is 6.48. The number of hydrogen-bond acceptors (Lipinski definition) is 4. The third kappa shape index (κ3) is 3.44. The lowest BCUT2D eigenvalue weighted by molar-refractivity contribution is 0.418. The first-order valence-electron chi connectivity index (χ1n) is 4.15. The SMILES string of the molecule is CN(CC(C)(C)C)c1n[nH]c(=S)s1. The van der Waals surface area contributed by atoms with Crippen molar-refractivity contribution in [2.45, 2.75) is 20.8 Å². The molecule has 0 radical (unpaired) electrons. The molecule has 1 rings (SSSR count). The van der Waals surface area contributed by atoms with Crippen LogP contribution in [-0.2, 0) is 0 Å². The van der Waals surface area contributed by atoms with E-state index < -0.39 is 0 Å². The normalized spacial score (nSPS) is 11.7. The van der Waals surface area contributed by atoms with Crippen molar-refractivity contribution >= 4 is 28.7 Å². The number of hydrogen-bond donors (Lipinski definition) is 1. The second kappa shape index (κ2) is 3.75. The van der Waals surface area contributed by atoms with Crippen molar-refractivity contribution in [3.05, 3.63) is 3.95 Å². The summed E-state index contributed by atoms with van der Waals surface area (Å²) in [5.41, 5.74) is 0.280. The number of anilines is 1. The summed E-state index contributed by atoms with van der Waals surface area (Å²) in [6.45, 7) is 7.59. The molecule has 0 aliphatic rings. The molecule has 0 spiro atoms. The maximum Gasteiger partial charge on any atom is 0.206 e. The first kappa shape index (κ1) is 10.7. The topological polar surface area (TPSA) is 31.9 Å². The highest BCUT2D eigenvalue weighted by Gasteiger charge is 2.15. The van der Waals surface area contributed by atoms with Gasteiger partial charge in [0.25, 0.3) is 0 Å². The molecule has 0 aliphatic carbocycles. The van der Waals surface area contributed by atoms with E-state index in [1.54, 1.807) is 0 Å². The molecule has 0 bridgehead atoms. The van der Waals surface area contributed by atoms with Crippen molar-refractivity contribution in [1.29, 1.82) is 0 Å². The van der Waals surface area contributed by atoms with Gasteiger partial charge in [-0.15, -0.1) is 5.10 Å². The van der Waals surface area contributed by atoms with Gasteiger partial charge in [-0.3, -0.25) is 5.10 Å². The minimum Gasteiger partial charge on any atom is -0.349 e. The van der Waals surface area contributed by atoms with E-state index in [0.29, 0.717) is 0 Å². The fourth-order valence-corrected chi connectivity index (χ4v) is 2.00. The van der Waals surface area contributed by atoms with Crippen molar-refractivity contribution in [3.63, 3.8) is 0 Å². The molecule has 0 unspecified atom stereocenters. The van der Waals surface area contributed by atoms with Crippen LogP contribution in [0.25, 0.3) is 0 Å². The molecule has 74 valence electrons. The lowest BCUT2D eigenvalue weighted by atomic mass is 9.96. The average Bonchev–Trinajstić information content (AvgIpc) is 2.31. The van der Waals surface area contributed by atoms with Crippen LogP contribution in [0.15, 0.2) is 0 Å². The number of nitrogens with one attached hydrogen (secondary N) is 1. The van der Waals surface area contributed by atoms with Gasteiger partial charge in [-0.2, -0.15) is 0 Å². The number of rotatable bonds is 2. The van der Waals surface area contributed by atoms with E-state index in [0.717, 1.165) is 15.6 Å². The van der Waals surface area contributed by atoms with Crippen LogP contribution in [0, 0.1) is 9.37 Å². The molecule has 1 aromatic rings. The third-order valence-electron chi connectivity index (χ3n) is 1.46. The number of nitrogens with zero attached hydrogens (tertiary/aromatic N) is 2. The van der Waals surface area contributed by atoms with Gasteiger partial charge in [0.2, 0.25) is 5.13 Å². The Bertz CT molecular complexity index is 321. The van der Waals surface area contributed by atoms with Crippen molar-refractivity contribution in [2.75, 3.05) is 18.5 Å². The van der Waals surface area contributed by atoms with Gasteiger partial charge < -0.3 is 4.90 Å². The van der Waals surface area contributed by atoms with E-state index in [2.05, 4.69) is 35.9 Å². The average molecular weight is 217 g/mol. The quantitative estimate of drug-likeness (QED) is 0.773. The predicted molar refractivity (Wildman–Crippen MR) is 60.0 cm³/mol. The molecule has 1 aromatic heterocycles. The number of aromatic nitrogens is 2. The Labute approximate surface area is 87.8 Å². The first-order chi connectivity index (χ1) is 5.88. The van der Waals surface area contributed by atoms with E-state index in [-0.39, 0.29) is 5.41 Å². The fourth-order valence-electron chi connectivity index (χ4n) is 1.16. The molecule has 1 heterocycles. The predicted octanol–water partition coefficient (Wildman–Crippen LogP) is 2.68. The van der Waals surface area contributed by atoms with Crippen LogP contribution in [0.2, 0.25) is 0 Å². The van der Waals surface area contributed by atoms with Gasteiger partial charge in [-0.1, -0.05) is 32.1 Å². The Morgan fingerprint density at radius 2 is 2.15 bits per heavy atom. The lowest BCUT2D eigenvalue weighted by Crippen LogP contribution is -2.28. The molecule has 3 nitrogen and oxygen atoms in total. The maximum absolute atomic E-state index is 4.97. The number of aromatic amines is 1. The van der Waals surface area contributed by atoms with Crippen LogP contribution in [0.5, 0.6) is 0 Å². The van der Waals surface area contributed by atoms with Gasteiger partial charge in [0.1, 0.15) is 0 Å². The fraction of sp³-hybridized carbons (Fsp3) is 0.750. The smallest absolute Gasteiger partial charge is 0.206 e. The summed E-state index contributed by atoms with van der Waals surface area (Å²) < 4.78 is 0.732. The van der Waals surface area contributed by atoms with Crippen molar-refractivity contribution < 1.29 is 0 Å². The largest absolute Gasteiger partial charge is 0.349 e. The van der Waals surface area contributed by atoms with Crippen LogP contribution >= 0.6 is 23.6 Å². The van der Waals surface area contributed by atoms with E-state index in [9.17, 15) is 0 Å². The van der Waals surface area contributed by atoms with E-state index in [1.165, 1.54) is 11.3 Å². The Balaban J connectivity index is 2.69. The molecule has 0 aliphatic heterocycles. The minimum absolute atomic E-state index is 0.280. The Morgan fingerprint density at radius 1 is 1.54 bits per heavy atom. The summed E-state index contributed by atoms with van der Waals surface area (Å²) in [6, 6.07) is 0. The maximum atomic E-state index is 4.97. The Hall–Kier alpha value is -0.420. The second-order valence-corrected chi connectivity index (χ2v) is 5.96.